The molecule has 1 N–H and O–H groups in total. The van der Waals surface area contributed by atoms with Gasteiger partial charge in [0.15, 0.2) is 6.61 Å². The van der Waals surface area contributed by atoms with Gasteiger partial charge in [-0.2, -0.15) is 0 Å². The highest BCUT2D eigenvalue weighted by molar-refractivity contribution is 5.96. The summed E-state index contributed by atoms with van der Waals surface area (Å²) in [7, 11) is 0. The number of benzene rings is 2. The Hall–Kier alpha value is -2.62. The molecule has 138 valence electrons. The van der Waals surface area contributed by atoms with Gasteiger partial charge in [-0.15, -0.1) is 0 Å². The fourth-order valence-electron chi connectivity index (χ4n) is 2.87. The van der Waals surface area contributed by atoms with Gasteiger partial charge in [0, 0.05) is 5.69 Å². The number of ether oxygens (including phenoxy) is 1. The number of nitrogens with one attached hydrogen (secondary N) is 1. The summed E-state index contributed by atoms with van der Waals surface area (Å²) in [6.07, 6.45) is 0. The zero-order valence-electron chi connectivity index (χ0n) is 16.4. The van der Waals surface area contributed by atoms with Crippen molar-refractivity contribution in [2.45, 2.75) is 47.0 Å². The number of anilines is 1. The first kappa shape index (κ1) is 19.7. The zero-order chi connectivity index (χ0) is 19.5. The Balaban J connectivity index is 1.96. The molecule has 2 aromatic carbocycles. The first-order chi connectivity index (χ1) is 12.1. The van der Waals surface area contributed by atoms with E-state index in [-0.39, 0.29) is 17.9 Å². The number of hydrogen-bond acceptors (Lipinski definition) is 3. The molecule has 0 spiro atoms. The lowest BCUT2D eigenvalue weighted by Gasteiger charge is -2.19. The highest BCUT2D eigenvalue weighted by Gasteiger charge is 2.16. The molecule has 0 aliphatic heterocycles. The predicted octanol–water partition coefficient (Wildman–Crippen LogP) is 4.70. The van der Waals surface area contributed by atoms with E-state index in [1.165, 1.54) is 0 Å². The number of rotatable bonds is 4. The molecule has 0 saturated carbocycles. The van der Waals surface area contributed by atoms with E-state index in [0.717, 1.165) is 27.9 Å². The molecule has 0 unspecified atom stereocenters. The van der Waals surface area contributed by atoms with Crippen molar-refractivity contribution in [2.75, 3.05) is 11.9 Å². The number of amides is 1. The van der Waals surface area contributed by atoms with Crippen LogP contribution in [-0.2, 0) is 14.9 Å². The summed E-state index contributed by atoms with van der Waals surface area (Å²) in [5.74, 6) is -0.849. The molecule has 26 heavy (non-hydrogen) atoms. The fraction of sp³-hybridized carbons (Fsp3) is 0.364. The molecule has 0 saturated heterocycles. The van der Waals surface area contributed by atoms with Crippen LogP contribution in [0.5, 0.6) is 0 Å². The minimum absolute atomic E-state index is 0.0199. The van der Waals surface area contributed by atoms with Crippen molar-refractivity contribution >= 4 is 17.6 Å². The van der Waals surface area contributed by atoms with E-state index in [1.807, 2.05) is 45.0 Å². The molecule has 0 bridgehead atoms. The second kappa shape index (κ2) is 7.73. The molecule has 0 fully saturated rings. The second-order valence-corrected chi connectivity index (χ2v) is 7.73. The lowest BCUT2D eigenvalue weighted by atomic mass is 9.87. The smallest absolute Gasteiger partial charge is 0.338 e. The Labute approximate surface area is 155 Å². The van der Waals surface area contributed by atoms with Crippen molar-refractivity contribution in [1.29, 1.82) is 0 Å². The Morgan fingerprint density at radius 2 is 1.50 bits per heavy atom. The predicted molar refractivity (Wildman–Crippen MR) is 105 cm³/mol. The number of carbonyl (C=O) groups excluding carboxylic acids is 2. The third-order valence-electron chi connectivity index (χ3n) is 4.26. The quantitative estimate of drug-likeness (QED) is 0.810. The van der Waals surface area contributed by atoms with Crippen molar-refractivity contribution in [3.8, 4) is 0 Å². The van der Waals surface area contributed by atoms with Gasteiger partial charge in [0.2, 0.25) is 0 Å². The maximum absolute atomic E-state index is 12.1. The largest absolute Gasteiger partial charge is 0.452 e. The van der Waals surface area contributed by atoms with Gasteiger partial charge in [-0.05, 0) is 55.0 Å². The van der Waals surface area contributed by atoms with E-state index in [9.17, 15) is 9.59 Å². The van der Waals surface area contributed by atoms with E-state index < -0.39 is 5.97 Å². The Morgan fingerprint density at radius 1 is 0.962 bits per heavy atom. The molecule has 2 aromatic rings. The van der Waals surface area contributed by atoms with Crippen LogP contribution in [-0.4, -0.2) is 18.5 Å². The molecule has 0 atom stereocenters. The van der Waals surface area contributed by atoms with Gasteiger partial charge < -0.3 is 10.1 Å². The van der Waals surface area contributed by atoms with Gasteiger partial charge in [0.1, 0.15) is 0 Å². The van der Waals surface area contributed by atoms with Crippen LogP contribution in [0.3, 0.4) is 0 Å². The molecule has 1 amide bonds. The standard InChI is InChI=1S/C22H27NO3/c1-14-11-15(2)20(16(3)12-14)23-19(24)13-26-21(25)17-7-9-18(10-8-17)22(4,5)6/h7-12H,13H2,1-6H3,(H,23,24). The molecule has 0 aliphatic rings. The van der Waals surface area contributed by atoms with Crippen LogP contribution < -0.4 is 5.32 Å². The Bertz CT molecular complexity index is 791. The number of carbonyl (C=O) groups is 2. The maximum atomic E-state index is 12.1. The van der Waals surface area contributed by atoms with Crippen LogP contribution >= 0.6 is 0 Å². The van der Waals surface area contributed by atoms with Crippen molar-refractivity contribution in [1.82, 2.24) is 0 Å². The summed E-state index contributed by atoms with van der Waals surface area (Å²) in [5.41, 5.74) is 5.48. The Kier molecular flexibility index (Phi) is 5.86. The highest BCUT2D eigenvalue weighted by Crippen LogP contribution is 2.23. The van der Waals surface area contributed by atoms with Crippen molar-refractivity contribution in [2.24, 2.45) is 0 Å². The molecule has 0 aliphatic carbocycles. The van der Waals surface area contributed by atoms with Gasteiger partial charge in [0.25, 0.3) is 5.91 Å². The average molecular weight is 353 g/mol. The third-order valence-corrected chi connectivity index (χ3v) is 4.26. The van der Waals surface area contributed by atoms with Crippen LogP contribution in [0.4, 0.5) is 5.69 Å². The minimum atomic E-state index is -0.502. The fourth-order valence-corrected chi connectivity index (χ4v) is 2.87. The number of hydrogen-bond donors (Lipinski definition) is 1. The van der Waals surface area contributed by atoms with E-state index >= 15 is 0 Å². The summed E-state index contributed by atoms with van der Waals surface area (Å²) in [5, 5.41) is 2.83. The molecular formula is C22H27NO3. The van der Waals surface area contributed by atoms with Gasteiger partial charge in [0.05, 0.1) is 5.56 Å². The molecule has 4 nitrogen and oxygen atoms in total. The van der Waals surface area contributed by atoms with E-state index in [1.54, 1.807) is 12.1 Å². The number of aryl methyl sites for hydroxylation is 3. The normalized spacial score (nSPS) is 11.2. The molecule has 0 aromatic heterocycles. The van der Waals surface area contributed by atoms with Gasteiger partial charge in [-0.1, -0.05) is 50.6 Å². The summed E-state index contributed by atoms with van der Waals surface area (Å²) in [6.45, 7) is 11.9. The molecule has 0 heterocycles. The molecule has 4 heteroatoms. The van der Waals surface area contributed by atoms with E-state index in [2.05, 4.69) is 26.1 Å². The Morgan fingerprint density at radius 3 is 2.00 bits per heavy atom. The van der Waals surface area contributed by atoms with Crippen LogP contribution in [0.25, 0.3) is 0 Å². The van der Waals surface area contributed by atoms with Crippen molar-refractivity contribution in [3.63, 3.8) is 0 Å². The molecular weight excluding hydrogens is 326 g/mol. The maximum Gasteiger partial charge on any atom is 0.338 e. The van der Waals surface area contributed by atoms with Gasteiger partial charge in [-0.25, -0.2) is 4.79 Å². The third kappa shape index (κ3) is 4.94. The van der Waals surface area contributed by atoms with Crippen molar-refractivity contribution < 1.29 is 14.3 Å². The molecule has 2 rings (SSSR count). The minimum Gasteiger partial charge on any atom is -0.452 e. The monoisotopic (exact) mass is 353 g/mol. The lowest BCUT2D eigenvalue weighted by molar-refractivity contribution is -0.119. The van der Waals surface area contributed by atoms with Crippen LogP contribution in [0.2, 0.25) is 0 Å². The van der Waals surface area contributed by atoms with Crippen LogP contribution in [0.15, 0.2) is 36.4 Å². The van der Waals surface area contributed by atoms with Crippen molar-refractivity contribution in [3.05, 3.63) is 64.2 Å². The summed E-state index contributed by atoms with van der Waals surface area (Å²) >= 11 is 0. The summed E-state index contributed by atoms with van der Waals surface area (Å²) in [6, 6.07) is 11.3. The van der Waals surface area contributed by atoms with Crippen LogP contribution in [0.1, 0.15) is 53.4 Å². The van der Waals surface area contributed by atoms with E-state index in [4.69, 9.17) is 4.74 Å². The molecule has 0 radical (unpaired) electrons. The lowest BCUT2D eigenvalue weighted by Crippen LogP contribution is -2.22. The van der Waals surface area contributed by atoms with Crippen LogP contribution in [0, 0.1) is 20.8 Å². The second-order valence-electron chi connectivity index (χ2n) is 7.73. The first-order valence-electron chi connectivity index (χ1n) is 8.73. The zero-order valence-corrected chi connectivity index (χ0v) is 16.4. The highest BCUT2D eigenvalue weighted by atomic mass is 16.5. The average Bonchev–Trinajstić information content (AvgIpc) is 2.55. The van der Waals surface area contributed by atoms with Gasteiger partial charge >= 0.3 is 5.97 Å². The first-order valence-corrected chi connectivity index (χ1v) is 8.73. The van der Waals surface area contributed by atoms with Gasteiger partial charge in [-0.3, -0.25) is 4.79 Å². The number of esters is 1. The summed E-state index contributed by atoms with van der Waals surface area (Å²) in [4.78, 5) is 24.3. The SMILES string of the molecule is Cc1cc(C)c(NC(=O)COC(=O)c2ccc(C(C)(C)C)cc2)c(C)c1. The summed E-state index contributed by atoms with van der Waals surface area (Å²) < 4.78 is 5.14. The van der Waals surface area contributed by atoms with E-state index in [0.29, 0.717) is 5.56 Å². The topological polar surface area (TPSA) is 55.4 Å².